The first-order valence-electron chi connectivity index (χ1n) is 6.78. The molecule has 0 unspecified atom stereocenters. The number of rotatable bonds is 3. The zero-order valence-electron chi connectivity index (χ0n) is 12.0. The first-order valence-corrected chi connectivity index (χ1v) is 8.32. The van der Waals surface area contributed by atoms with Gasteiger partial charge in [0.25, 0.3) is 0 Å². The number of carbonyl (C=O) groups is 1. The van der Waals surface area contributed by atoms with Crippen LogP contribution >= 0.6 is 0 Å². The lowest BCUT2D eigenvalue weighted by Crippen LogP contribution is -2.16. The molecule has 2 N–H and O–H groups in total. The van der Waals surface area contributed by atoms with Crippen molar-refractivity contribution in [2.24, 2.45) is 5.14 Å². The van der Waals surface area contributed by atoms with Gasteiger partial charge in [-0.05, 0) is 35.0 Å². The van der Waals surface area contributed by atoms with Gasteiger partial charge in [-0.2, -0.15) is 0 Å². The zero-order valence-corrected chi connectivity index (χ0v) is 12.8. The first-order chi connectivity index (χ1) is 10.9. The van der Waals surface area contributed by atoms with Crippen LogP contribution in [0.5, 0.6) is 5.75 Å². The van der Waals surface area contributed by atoms with E-state index in [1.807, 2.05) is 6.07 Å². The van der Waals surface area contributed by atoms with Crippen LogP contribution < -0.4 is 9.88 Å². The van der Waals surface area contributed by atoms with Crippen molar-refractivity contribution in [3.05, 3.63) is 72.3 Å². The third-order valence-electron chi connectivity index (χ3n) is 3.33. The number of hydrogen-bond acceptors (Lipinski definition) is 4. The van der Waals surface area contributed by atoms with E-state index in [0.29, 0.717) is 10.9 Å². The largest absolute Gasteiger partial charge is 0.421 e. The second-order valence-corrected chi connectivity index (χ2v) is 6.48. The van der Waals surface area contributed by atoms with Crippen molar-refractivity contribution in [1.29, 1.82) is 0 Å². The van der Waals surface area contributed by atoms with E-state index in [1.165, 1.54) is 12.1 Å². The Morgan fingerprint density at radius 3 is 2.04 bits per heavy atom. The number of fused-ring (bicyclic) bond motifs is 1. The maximum absolute atomic E-state index is 12.2. The van der Waals surface area contributed by atoms with Crippen molar-refractivity contribution in [1.82, 2.24) is 0 Å². The molecule has 23 heavy (non-hydrogen) atoms. The van der Waals surface area contributed by atoms with Gasteiger partial charge in [0.2, 0.25) is 10.0 Å². The summed E-state index contributed by atoms with van der Waals surface area (Å²) < 4.78 is 28.9. The van der Waals surface area contributed by atoms with E-state index in [1.54, 1.807) is 48.5 Å². The Morgan fingerprint density at radius 2 is 1.43 bits per heavy atom. The van der Waals surface area contributed by atoms with Crippen LogP contribution in [0.2, 0.25) is 0 Å². The summed E-state index contributed by atoms with van der Waals surface area (Å²) in [5.74, 6) is -0.731. The van der Waals surface area contributed by atoms with Crippen LogP contribution in [0.25, 0.3) is 10.8 Å². The van der Waals surface area contributed by atoms with Gasteiger partial charge in [0, 0.05) is 0 Å². The molecule has 3 rings (SSSR count). The third kappa shape index (κ3) is 3.23. The van der Waals surface area contributed by atoms with Gasteiger partial charge >= 0.3 is 5.97 Å². The van der Waals surface area contributed by atoms with Gasteiger partial charge in [-0.3, -0.25) is 0 Å². The highest BCUT2D eigenvalue weighted by Gasteiger charge is 2.19. The highest BCUT2D eigenvalue weighted by molar-refractivity contribution is 7.89. The quantitative estimate of drug-likeness (QED) is 0.592. The van der Waals surface area contributed by atoms with Gasteiger partial charge in [0.05, 0.1) is 5.56 Å². The van der Waals surface area contributed by atoms with Crippen LogP contribution in [-0.2, 0) is 10.0 Å². The van der Waals surface area contributed by atoms with Crippen molar-refractivity contribution in [2.45, 2.75) is 4.90 Å². The summed E-state index contributed by atoms with van der Waals surface area (Å²) in [6, 6.07) is 18.4. The number of esters is 1. The molecule has 0 saturated carbocycles. The second-order valence-electron chi connectivity index (χ2n) is 4.95. The number of sulfonamides is 1. The summed E-state index contributed by atoms with van der Waals surface area (Å²) in [6.45, 7) is 0. The minimum atomic E-state index is -4.03. The third-order valence-corrected chi connectivity index (χ3v) is 4.26. The fraction of sp³-hybridized carbons (Fsp3) is 0. The van der Waals surface area contributed by atoms with Crippen LogP contribution in [0, 0.1) is 0 Å². The van der Waals surface area contributed by atoms with E-state index < -0.39 is 16.0 Å². The molecule has 0 aromatic heterocycles. The summed E-state index contributed by atoms with van der Waals surface area (Å²) >= 11 is 0. The van der Waals surface area contributed by atoms with Crippen LogP contribution in [0.1, 0.15) is 10.4 Å². The lowest BCUT2D eigenvalue weighted by molar-refractivity contribution is 0.0730. The molecule has 0 saturated heterocycles. The molecular formula is C17H13NO4S. The molecule has 0 fully saturated rings. The maximum Gasteiger partial charge on any atom is 0.343 e. The van der Waals surface area contributed by atoms with Crippen LogP contribution in [-0.4, -0.2) is 14.4 Å². The minimum Gasteiger partial charge on any atom is -0.421 e. The van der Waals surface area contributed by atoms with Gasteiger partial charge in [0.1, 0.15) is 4.90 Å². The zero-order chi connectivity index (χ0) is 16.4. The molecule has 6 heteroatoms. The lowest BCUT2D eigenvalue weighted by atomic mass is 10.1. The maximum atomic E-state index is 12.2. The Bertz CT molecular complexity index is 982. The molecule has 0 spiro atoms. The van der Waals surface area contributed by atoms with Crippen LogP contribution in [0.4, 0.5) is 0 Å². The van der Waals surface area contributed by atoms with Gasteiger partial charge in [0.15, 0.2) is 5.75 Å². The molecule has 3 aromatic rings. The Kier molecular flexibility index (Phi) is 3.85. The van der Waals surface area contributed by atoms with Gasteiger partial charge < -0.3 is 4.74 Å². The minimum absolute atomic E-state index is 0.0833. The molecule has 5 nitrogen and oxygen atoms in total. The average Bonchev–Trinajstić information content (AvgIpc) is 2.54. The smallest absolute Gasteiger partial charge is 0.343 e. The lowest BCUT2D eigenvalue weighted by Gasteiger charge is -2.10. The summed E-state index contributed by atoms with van der Waals surface area (Å²) in [6.07, 6.45) is 0. The number of hydrogen-bond donors (Lipinski definition) is 1. The molecule has 0 heterocycles. The molecule has 0 aliphatic rings. The fourth-order valence-electron chi connectivity index (χ4n) is 2.23. The molecule has 0 aliphatic heterocycles. The fourth-order valence-corrected chi connectivity index (χ4v) is 2.91. The summed E-state index contributed by atoms with van der Waals surface area (Å²) in [4.78, 5) is 11.9. The second kappa shape index (κ2) is 5.83. The Labute approximate surface area is 133 Å². The van der Waals surface area contributed by atoms with E-state index in [4.69, 9.17) is 9.88 Å². The normalized spacial score (nSPS) is 11.3. The van der Waals surface area contributed by atoms with Crippen molar-refractivity contribution in [3.8, 4) is 5.75 Å². The van der Waals surface area contributed by atoms with E-state index in [9.17, 15) is 13.2 Å². The molecular weight excluding hydrogens is 314 g/mol. The number of benzene rings is 3. The van der Waals surface area contributed by atoms with Crippen molar-refractivity contribution in [3.63, 3.8) is 0 Å². The van der Waals surface area contributed by atoms with Gasteiger partial charge in [-0.15, -0.1) is 0 Å². The summed E-state index contributed by atoms with van der Waals surface area (Å²) in [5, 5.41) is 6.68. The van der Waals surface area contributed by atoms with E-state index in [0.717, 1.165) is 5.39 Å². The van der Waals surface area contributed by atoms with Gasteiger partial charge in [-0.1, -0.05) is 42.5 Å². The van der Waals surface area contributed by atoms with Crippen molar-refractivity contribution >= 4 is 26.8 Å². The Morgan fingerprint density at radius 1 is 0.870 bits per heavy atom. The predicted octanol–water partition coefficient (Wildman–Crippen LogP) is 2.71. The molecule has 0 radical (unpaired) electrons. The SMILES string of the molecule is NS(=O)(=O)c1cc2ccccc2cc1OC(=O)c1ccccc1. The van der Waals surface area contributed by atoms with E-state index in [-0.39, 0.29) is 10.6 Å². The predicted molar refractivity (Wildman–Crippen MR) is 86.7 cm³/mol. The topological polar surface area (TPSA) is 86.5 Å². The standard InChI is InChI=1S/C17H13NO4S/c18-23(20,21)16-11-14-9-5-4-8-13(14)10-15(16)22-17(19)12-6-2-1-3-7-12/h1-11H,(H2,18,20,21). The molecule has 0 bridgehead atoms. The first kappa shape index (κ1) is 15.2. The summed E-state index contributed by atoms with van der Waals surface area (Å²) in [7, 11) is -4.03. The molecule has 3 aromatic carbocycles. The number of ether oxygens (including phenoxy) is 1. The molecule has 0 atom stereocenters. The average molecular weight is 327 g/mol. The van der Waals surface area contributed by atoms with Gasteiger partial charge in [-0.25, -0.2) is 18.4 Å². The Hall–Kier alpha value is -2.70. The van der Waals surface area contributed by atoms with Crippen LogP contribution in [0.3, 0.4) is 0 Å². The number of nitrogens with two attached hydrogens (primary N) is 1. The molecule has 0 amide bonds. The van der Waals surface area contributed by atoms with Crippen molar-refractivity contribution < 1.29 is 17.9 Å². The highest BCUT2D eigenvalue weighted by Crippen LogP contribution is 2.29. The molecule has 116 valence electrons. The van der Waals surface area contributed by atoms with E-state index in [2.05, 4.69) is 0 Å². The number of carbonyl (C=O) groups excluding carboxylic acids is 1. The summed E-state index contributed by atoms with van der Waals surface area (Å²) in [5.41, 5.74) is 0.320. The Balaban J connectivity index is 2.10. The van der Waals surface area contributed by atoms with Crippen LogP contribution in [0.15, 0.2) is 71.6 Å². The van der Waals surface area contributed by atoms with Crippen molar-refractivity contribution in [2.75, 3.05) is 0 Å². The monoisotopic (exact) mass is 327 g/mol. The highest BCUT2D eigenvalue weighted by atomic mass is 32.2. The molecule has 0 aliphatic carbocycles. The number of primary sulfonamides is 1. The van der Waals surface area contributed by atoms with E-state index >= 15 is 0 Å².